The first-order valence-corrected chi connectivity index (χ1v) is 10.8. The Morgan fingerprint density at radius 1 is 1.26 bits per heavy atom. The summed E-state index contributed by atoms with van der Waals surface area (Å²) in [6.45, 7) is 4.50. The van der Waals surface area contributed by atoms with E-state index in [9.17, 15) is 13.2 Å². The zero-order chi connectivity index (χ0) is 19.9. The van der Waals surface area contributed by atoms with E-state index in [0.29, 0.717) is 18.8 Å². The molecule has 9 heteroatoms. The normalized spacial score (nSPS) is 15.3. The maximum Gasteiger partial charge on any atom is 0.314 e. The number of amides is 2. The highest BCUT2D eigenvalue weighted by molar-refractivity contribution is 7.89. The summed E-state index contributed by atoms with van der Waals surface area (Å²) in [6, 6.07) is 6.07. The Kier molecular flexibility index (Phi) is 7.88. The molecule has 0 aromatic heterocycles. The molecule has 0 heterocycles. The number of carbonyl (C=O) groups is 1. The number of hydrogen-bond donors (Lipinski definition) is 3. The summed E-state index contributed by atoms with van der Waals surface area (Å²) < 4.78 is 27.3. The van der Waals surface area contributed by atoms with Crippen LogP contribution in [0.2, 0.25) is 0 Å². The quantitative estimate of drug-likeness (QED) is 0.438. The van der Waals surface area contributed by atoms with Crippen LogP contribution in [0, 0.1) is 0 Å². The first kappa shape index (κ1) is 21.5. The first-order chi connectivity index (χ1) is 12.8. The Labute approximate surface area is 161 Å². The minimum absolute atomic E-state index is 0.0423. The monoisotopic (exact) mass is 398 g/mol. The fourth-order valence-electron chi connectivity index (χ4n) is 2.94. The highest BCUT2D eigenvalue weighted by atomic mass is 32.2. The molecule has 0 unspecified atom stereocenters. The van der Waals surface area contributed by atoms with Crippen LogP contribution in [0.3, 0.4) is 0 Å². The molecule has 152 valence electrons. The van der Waals surface area contributed by atoms with E-state index in [4.69, 9.17) is 4.84 Å². The lowest BCUT2D eigenvalue weighted by atomic mass is 10.3. The zero-order valence-electron chi connectivity index (χ0n) is 16.2. The third-order valence-electron chi connectivity index (χ3n) is 4.31. The van der Waals surface area contributed by atoms with Gasteiger partial charge in [-0.25, -0.2) is 13.2 Å². The van der Waals surface area contributed by atoms with Crippen molar-refractivity contribution in [2.75, 3.05) is 25.5 Å². The van der Waals surface area contributed by atoms with Crippen LogP contribution in [0.1, 0.15) is 39.5 Å². The maximum absolute atomic E-state index is 13.1. The van der Waals surface area contributed by atoms with Gasteiger partial charge in [0.15, 0.2) is 0 Å². The molecule has 0 saturated heterocycles. The van der Waals surface area contributed by atoms with Crippen LogP contribution >= 0.6 is 0 Å². The molecule has 1 aliphatic rings. The average Bonchev–Trinajstić information content (AvgIpc) is 3.16. The van der Waals surface area contributed by atoms with Gasteiger partial charge >= 0.3 is 6.03 Å². The summed E-state index contributed by atoms with van der Waals surface area (Å²) in [6.07, 6.45) is 3.87. The Morgan fingerprint density at radius 3 is 2.59 bits per heavy atom. The second kappa shape index (κ2) is 9.91. The number of nitrogens with zero attached hydrogens (tertiary/aromatic N) is 1. The highest BCUT2D eigenvalue weighted by Crippen LogP contribution is 2.27. The second-order valence-corrected chi connectivity index (χ2v) is 8.61. The average molecular weight is 399 g/mol. The molecule has 8 nitrogen and oxygen atoms in total. The van der Waals surface area contributed by atoms with Crippen LogP contribution in [0.15, 0.2) is 29.2 Å². The van der Waals surface area contributed by atoms with Gasteiger partial charge in [-0.05, 0) is 44.9 Å². The minimum atomic E-state index is -3.77. The van der Waals surface area contributed by atoms with Gasteiger partial charge in [0, 0.05) is 31.9 Å². The van der Waals surface area contributed by atoms with Crippen LogP contribution in [0.25, 0.3) is 0 Å². The second-order valence-electron chi connectivity index (χ2n) is 6.83. The zero-order valence-corrected chi connectivity index (χ0v) is 17.0. The number of hydrogen-bond acceptors (Lipinski definition) is 5. The minimum Gasteiger partial charge on any atom is -0.383 e. The summed E-state index contributed by atoms with van der Waals surface area (Å²) in [5.74, 6) is 0. The van der Waals surface area contributed by atoms with Gasteiger partial charge in [0.2, 0.25) is 0 Å². The molecule has 0 aliphatic heterocycles. The van der Waals surface area contributed by atoms with E-state index in [0.717, 1.165) is 30.2 Å². The van der Waals surface area contributed by atoms with Gasteiger partial charge in [0.25, 0.3) is 10.0 Å². The van der Waals surface area contributed by atoms with E-state index in [1.807, 2.05) is 0 Å². The molecule has 1 fully saturated rings. The third-order valence-corrected chi connectivity index (χ3v) is 6.14. The van der Waals surface area contributed by atoms with Crippen LogP contribution in [0.5, 0.6) is 0 Å². The van der Waals surface area contributed by atoms with Crippen LogP contribution in [-0.4, -0.2) is 51.2 Å². The predicted octanol–water partition coefficient (Wildman–Crippen LogP) is 2.30. The molecule has 0 bridgehead atoms. The molecule has 1 saturated carbocycles. The maximum atomic E-state index is 13.1. The van der Waals surface area contributed by atoms with Crippen molar-refractivity contribution >= 4 is 21.7 Å². The lowest BCUT2D eigenvalue weighted by molar-refractivity contribution is -0.146. The largest absolute Gasteiger partial charge is 0.383 e. The molecule has 3 N–H and O–H groups in total. The van der Waals surface area contributed by atoms with Gasteiger partial charge in [-0.2, -0.15) is 0 Å². The Balaban J connectivity index is 2.06. The third kappa shape index (κ3) is 6.08. The summed E-state index contributed by atoms with van der Waals surface area (Å²) in [5.41, 5.74) is 0.666. The van der Waals surface area contributed by atoms with Gasteiger partial charge in [-0.3, -0.25) is 4.84 Å². The van der Waals surface area contributed by atoms with Gasteiger partial charge < -0.3 is 16.0 Å². The summed E-state index contributed by atoms with van der Waals surface area (Å²) in [5, 5.41) is 8.24. The Morgan fingerprint density at radius 2 is 1.96 bits per heavy atom. The number of nitrogens with one attached hydrogen (secondary N) is 3. The molecule has 0 radical (unpaired) electrons. The molecule has 0 spiro atoms. The van der Waals surface area contributed by atoms with Crippen LogP contribution in [0.4, 0.5) is 10.5 Å². The highest BCUT2D eigenvalue weighted by Gasteiger charge is 2.32. The van der Waals surface area contributed by atoms with E-state index in [-0.39, 0.29) is 23.1 Å². The number of benzene rings is 1. The van der Waals surface area contributed by atoms with Gasteiger partial charge in [0.1, 0.15) is 0 Å². The van der Waals surface area contributed by atoms with Crippen molar-refractivity contribution in [3.63, 3.8) is 0 Å². The molecule has 2 amide bonds. The number of anilines is 1. The van der Waals surface area contributed by atoms with Crippen molar-refractivity contribution in [3.05, 3.63) is 24.3 Å². The molecule has 1 aromatic carbocycles. The van der Waals surface area contributed by atoms with Crippen LogP contribution in [-0.2, 0) is 14.9 Å². The molecule has 1 aliphatic carbocycles. The van der Waals surface area contributed by atoms with E-state index in [1.165, 1.54) is 0 Å². The Hall–Kier alpha value is -1.84. The fourth-order valence-corrected chi connectivity index (χ4v) is 4.46. The SMILES string of the molecule is CNC(=O)NCCNc1cccc(S(=O)(=O)N(OC2CCCC2)C(C)C)c1. The smallest absolute Gasteiger partial charge is 0.314 e. The van der Waals surface area contributed by atoms with E-state index in [2.05, 4.69) is 16.0 Å². The van der Waals surface area contributed by atoms with Crippen molar-refractivity contribution in [2.45, 2.75) is 56.6 Å². The predicted molar refractivity (Wildman–Crippen MR) is 105 cm³/mol. The molecule has 27 heavy (non-hydrogen) atoms. The van der Waals surface area contributed by atoms with Crippen molar-refractivity contribution in [2.24, 2.45) is 0 Å². The summed E-state index contributed by atoms with van der Waals surface area (Å²) >= 11 is 0. The van der Waals surface area contributed by atoms with Crippen LogP contribution < -0.4 is 16.0 Å². The van der Waals surface area contributed by atoms with Gasteiger partial charge in [-0.1, -0.05) is 23.4 Å². The number of hydroxylamine groups is 1. The first-order valence-electron chi connectivity index (χ1n) is 9.35. The lowest BCUT2D eigenvalue weighted by Gasteiger charge is -2.28. The number of rotatable bonds is 9. The van der Waals surface area contributed by atoms with Crippen molar-refractivity contribution in [1.82, 2.24) is 15.1 Å². The van der Waals surface area contributed by atoms with Crippen molar-refractivity contribution < 1.29 is 18.0 Å². The van der Waals surface area contributed by atoms with E-state index in [1.54, 1.807) is 45.2 Å². The number of carbonyl (C=O) groups excluding carboxylic acids is 1. The fraction of sp³-hybridized carbons (Fsp3) is 0.611. The molecule has 0 atom stereocenters. The van der Waals surface area contributed by atoms with Gasteiger partial charge in [0.05, 0.1) is 11.0 Å². The molecular weight excluding hydrogens is 368 g/mol. The van der Waals surface area contributed by atoms with E-state index < -0.39 is 10.0 Å². The number of sulfonamides is 1. The van der Waals surface area contributed by atoms with Crippen molar-refractivity contribution in [3.8, 4) is 0 Å². The standard InChI is InChI=1S/C18H30N4O4S/c1-14(2)22(26-16-8-4-5-9-16)27(24,25)17-10-6-7-15(13-17)20-11-12-21-18(23)19-3/h6-7,10,13-14,16,20H,4-5,8-9,11-12H2,1-3H3,(H2,19,21,23). The molecule has 1 aromatic rings. The Bertz CT molecular complexity index is 718. The number of urea groups is 1. The van der Waals surface area contributed by atoms with Crippen molar-refractivity contribution in [1.29, 1.82) is 0 Å². The molecular formula is C18H30N4O4S. The van der Waals surface area contributed by atoms with Gasteiger partial charge in [-0.15, -0.1) is 0 Å². The van der Waals surface area contributed by atoms with E-state index >= 15 is 0 Å². The summed E-state index contributed by atoms with van der Waals surface area (Å²) in [4.78, 5) is 17.2. The topological polar surface area (TPSA) is 99.8 Å². The lowest BCUT2D eigenvalue weighted by Crippen LogP contribution is -2.39. The molecule has 2 rings (SSSR count). The summed E-state index contributed by atoms with van der Waals surface area (Å²) in [7, 11) is -2.22.